The largest absolute Gasteiger partial charge is 0.478 e. The van der Waals surface area contributed by atoms with E-state index in [4.69, 9.17) is 16.7 Å². The number of benzene rings is 1. The number of hydrogen-bond acceptors (Lipinski definition) is 4. The van der Waals surface area contributed by atoms with Crippen molar-refractivity contribution < 1.29 is 9.90 Å². The Morgan fingerprint density at radius 1 is 1.45 bits per heavy atom. The Kier molecular flexibility index (Phi) is 5.11. The number of hydrogen-bond donors (Lipinski definition) is 1. The van der Waals surface area contributed by atoms with Crippen LogP contribution in [0, 0.1) is 0 Å². The fraction of sp³-hybridized carbons (Fsp3) is 0.286. The van der Waals surface area contributed by atoms with Gasteiger partial charge in [-0.25, -0.2) is 9.78 Å². The molecule has 0 atom stereocenters. The Hall–Kier alpha value is -1.43. The summed E-state index contributed by atoms with van der Waals surface area (Å²) >= 11 is 7.31. The van der Waals surface area contributed by atoms with E-state index >= 15 is 0 Å². The summed E-state index contributed by atoms with van der Waals surface area (Å²) in [7, 11) is 1.98. The van der Waals surface area contributed by atoms with Gasteiger partial charge in [-0.1, -0.05) is 29.8 Å². The van der Waals surface area contributed by atoms with Gasteiger partial charge in [-0.15, -0.1) is 11.3 Å². The van der Waals surface area contributed by atoms with Gasteiger partial charge in [0.2, 0.25) is 0 Å². The fourth-order valence-corrected chi connectivity index (χ4v) is 2.97. The molecule has 0 saturated heterocycles. The summed E-state index contributed by atoms with van der Waals surface area (Å²) in [6.45, 7) is 1.48. The molecule has 1 N–H and O–H groups in total. The number of carboxylic acid groups (broad SMARTS) is 1. The van der Waals surface area contributed by atoms with E-state index in [2.05, 4.69) is 9.88 Å². The Morgan fingerprint density at radius 3 is 2.85 bits per heavy atom. The first-order valence-electron chi connectivity index (χ1n) is 6.16. The van der Waals surface area contributed by atoms with Crippen LogP contribution in [0.3, 0.4) is 0 Å². The first-order chi connectivity index (χ1) is 9.56. The summed E-state index contributed by atoms with van der Waals surface area (Å²) in [5.41, 5.74) is 1.22. The molecule has 0 aliphatic carbocycles. The number of aromatic nitrogens is 1. The lowest BCUT2D eigenvalue weighted by atomic mass is 10.0. The zero-order valence-corrected chi connectivity index (χ0v) is 12.6. The highest BCUT2D eigenvalue weighted by Gasteiger charge is 2.10. The predicted molar refractivity (Wildman–Crippen MR) is 80.6 cm³/mol. The Labute approximate surface area is 126 Å². The second-order valence-electron chi connectivity index (χ2n) is 4.51. The molecule has 106 valence electrons. The van der Waals surface area contributed by atoms with Crippen LogP contribution in [-0.4, -0.2) is 34.6 Å². The predicted octanol–water partition coefficient (Wildman–Crippen LogP) is 3.17. The van der Waals surface area contributed by atoms with Gasteiger partial charge in [0, 0.05) is 6.54 Å². The zero-order valence-electron chi connectivity index (χ0n) is 11.0. The van der Waals surface area contributed by atoms with Gasteiger partial charge in [0.15, 0.2) is 0 Å². The number of thiazole rings is 1. The fourth-order valence-electron chi connectivity index (χ4n) is 1.93. The third-order valence-electron chi connectivity index (χ3n) is 2.94. The van der Waals surface area contributed by atoms with E-state index in [0.717, 1.165) is 17.1 Å². The lowest BCUT2D eigenvalue weighted by molar-refractivity contribution is 0.0695. The molecule has 0 unspecified atom stereocenters. The average Bonchev–Trinajstić information content (AvgIpc) is 2.82. The second-order valence-corrected chi connectivity index (χ2v) is 6.25. The zero-order chi connectivity index (χ0) is 14.5. The molecule has 1 aromatic heterocycles. The number of aromatic carboxylic acids is 1. The summed E-state index contributed by atoms with van der Waals surface area (Å²) in [5, 5.41) is 10.1. The summed E-state index contributed by atoms with van der Waals surface area (Å²) in [6.07, 6.45) is 2.34. The molecule has 0 fully saturated rings. The highest BCUT2D eigenvalue weighted by Crippen LogP contribution is 2.19. The monoisotopic (exact) mass is 310 g/mol. The molecule has 0 saturated carbocycles. The van der Waals surface area contributed by atoms with Gasteiger partial charge in [-0.05, 0) is 25.1 Å². The number of rotatable bonds is 6. The average molecular weight is 311 g/mol. The summed E-state index contributed by atoms with van der Waals surface area (Å²) in [6, 6.07) is 7.10. The maximum absolute atomic E-state index is 11.1. The van der Waals surface area contributed by atoms with Crippen LogP contribution in [0.4, 0.5) is 0 Å². The van der Waals surface area contributed by atoms with Crippen molar-refractivity contribution in [1.29, 1.82) is 0 Å². The van der Waals surface area contributed by atoms with E-state index in [1.54, 1.807) is 18.3 Å². The van der Waals surface area contributed by atoms with Gasteiger partial charge in [0.1, 0.15) is 9.34 Å². The summed E-state index contributed by atoms with van der Waals surface area (Å²) in [4.78, 5) is 17.4. The van der Waals surface area contributed by atoms with Crippen LogP contribution >= 0.6 is 22.9 Å². The maximum atomic E-state index is 11.1. The Bertz CT molecular complexity index is 600. The molecule has 1 aromatic carbocycles. The molecular weight excluding hydrogens is 296 g/mol. The van der Waals surface area contributed by atoms with Crippen molar-refractivity contribution in [1.82, 2.24) is 9.88 Å². The molecule has 0 bridgehead atoms. The van der Waals surface area contributed by atoms with Crippen molar-refractivity contribution in [2.75, 3.05) is 13.6 Å². The Balaban J connectivity index is 1.93. The standard InChI is InChI=1S/C14H15ClN2O2S/c1-17(9-13-16-8-12(15)20-13)7-6-10-4-2-3-5-11(10)14(18)19/h2-5,8H,6-7,9H2,1H3,(H,18,19). The molecule has 2 aromatic rings. The lowest BCUT2D eigenvalue weighted by Crippen LogP contribution is -2.21. The molecule has 2 rings (SSSR count). The van der Waals surface area contributed by atoms with E-state index in [1.165, 1.54) is 11.3 Å². The van der Waals surface area contributed by atoms with Crippen molar-refractivity contribution in [3.05, 3.63) is 50.9 Å². The Morgan fingerprint density at radius 2 is 2.20 bits per heavy atom. The summed E-state index contributed by atoms with van der Waals surface area (Å²) < 4.78 is 0.685. The molecular formula is C14H15ClN2O2S. The van der Waals surface area contributed by atoms with Crippen molar-refractivity contribution >= 4 is 28.9 Å². The van der Waals surface area contributed by atoms with Crippen molar-refractivity contribution in [2.24, 2.45) is 0 Å². The van der Waals surface area contributed by atoms with E-state index in [0.29, 0.717) is 22.9 Å². The number of nitrogens with zero attached hydrogens (tertiary/aromatic N) is 2. The van der Waals surface area contributed by atoms with Crippen LogP contribution in [0.1, 0.15) is 20.9 Å². The van der Waals surface area contributed by atoms with Crippen molar-refractivity contribution in [3.63, 3.8) is 0 Å². The van der Waals surface area contributed by atoms with E-state index in [1.807, 2.05) is 19.2 Å². The topological polar surface area (TPSA) is 53.4 Å². The van der Waals surface area contributed by atoms with Crippen LogP contribution in [0.25, 0.3) is 0 Å². The highest BCUT2D eigenvalue weighted by molar-refractivity contribution is 7.15. The molecule has 6 heteroatoms. The lowest BCUT2D eigenvalue weighted by Gasteiger charge is -2.15. The van der Waals surface area contributed by atoms with Gasteiger partial charge in [-0.2, -0.15) is 0 Å². The van der Waals surface area contributed by atoms with Gasteiger partial charge in [-0.3, -0.25) is 4.90 Å². The maximum Gasteiger partial charge on any atom is 0.335 e. The van der Waals surface area contributed by atoms with E-state index in [-0.39, 0.29) is 0 Å². The molecule has 0 amide bonds. The van der Waals surface area contributed by atoms with Gasteiger partial charge < -0.3 is 5.11 Å². The van der Waals surface area contributed by atoms with Crippen LogP contribution in [0.2, 0.25) is 4.34 Å². The number of carbonyl (C=O) groups is 1. The first kappa shape index (κ1) is 15.0. The first-order valence-corrected chi connectivity index (χ1v) is 7.35. The molecule has 0 aliphatic heterocycles. The van der Waals surface area contributed by atoms with E-state index in [9.17, 15) is 4.79 Å². The molecule has 0 radical (unpaired) electrons. The minimum atomic E-state index is -0.880. The molecule has 20 heavy (non-hydrogen) atoms. The minimum Gasteiger partial charge on any atom is -0.478 e. The van der Waals surface area contributed by atoms with Gasteiger partial charge in [0.05, 0.1) is 18.3 Å². The van der Waals surface area contributed by atoms with Crippen molar-refractivity contribution in [3.8, 4) is 0 Å². The quantitative estimate of drug-likeness (QED) is 0.890. The molecule has 1 heterocycles. The normalized spacial score (nSPS) is 10.9. The third-order valence-corrected chi connectivity index (χ3v) is 4.04. The third kappa shape index (κ3) is 4.03. The smallest absolute Gasteiger partial charge is 0.335 e. The van der Waals surface area contributed by atoms with Crippen LogP contribution in [0.15, 0.2) is 30.5 Å². The molecule has 0 spiro atoms. The number of likely N-dealkylation sites (N-methyl/N-ethyl adjacent to an activating group) is 1. The second kappa shape index (κ2) is 6.83. The van der Waals surface area contributed by atoms with Crippen LogP contribution < -0.4 is 0 Å². The molecule has 4 nitrogen and oxygen atoms in total. The summed E-state index contributed by atoms with van der Waals surface area (Å²) in [5.74, 6) is -0.880. The van der Waals surface area contributed by atoms with Crippen molar-refractivity contribution in [2.45, 2.75) is 13.0 Å². The van der Waals surface area contributed by atoms with Crippen LogP contribution in [-0.2, 0) is 13.0 Å². The van der Waals surface area contributed by atoms with Gasteiger partial charge >= 0.3 is 5.97 Å². The van der Waals surface area contributed by atoms with E-state index < -0.39 is 5.97 Å². The highest BCUT2D eigenvalue weighted by atomic mass is 35.5. The SMILES string of the molecule is CN(CCc1ccccc1C(=O)O)Cc1ncc(Cl)s1. The minimum absolute atomic E-state index is 0.373. The number of halogens is 1. The number of carboxylic acids is 1. The van der Waals surface area contributed by atoms with Gasteiger partial charge in [0.25, 0.3) is 0 Å². The van der Waals surface area contributed by atoms with Crippen LogP contribution in [0.5, 0.6) is 0 Å². The molecule has 0 aliphatic rings.